The molecule has 0 spiro atoms. The van der Waals surface area contributed by atoms with Gasteiger partial charge in [-0.1, -0.05) is 19.1 Å². The van der Waals surface area contributed by atoms with Crippen LogP contribution in [0.4, 0.5) is 10.1 Å². The monoisotopic (exact) mass is 195 g/mol. The van der Waals surface area contributed by atoms with Gasteiger partial charge in [0, 0.05) is 6.07 Å². The second-order valence-electron chi connectivity index (χ2n) is 2.99. The van der Waals surface area contributed by atoms with Crippen molar-refractivity contribution in [2.45, 2.75) is 12.8 Å². The molecule has 0 fully saturated rings. The van der Waals surface area contributed by atoms with Crippen molar-refractivity contribution >= 4 is 5.69 Å². The zero-order valence-electron chi connectivity index (χ0n) is 7.74. The van der Waals surface area contributed by atoms with Crippen LogP contribution in [0.2, 0.25) is 0 Å². The number of nitro benzene ring substituents is 1. The van der Waals surface area contributed by atoms with Crippen LogP contribution in [-0.2, 0) is 0 Å². The highest BCUT2D eigenvalue weighted by Crippen LogP contribution is 2.23. The SMILES string of the molecule is C=CC(C)c1ccc([N+](=O)[O-])c(F)c1. The average Bonchev–Trinajstić information content (AvgIpc) is 2.15. The van der Waals surface area contributed by atoms with E-state index in [0.29, 0.717) is 5.56 Å². The zero-order chi connectivity index (χ0) is 10.7. The third-order valence-corrected chi connectivity index (χ3v) is 2.05. The second-order valence-corrected chi connectivity index (χ2v) is 2.99. The van der Waals surface area contributed by atoms with E-state index in [4.69, 9.17) is 0 Å². The summed E-state index contributed by atoms with van der Waals surface area (Å²) < 4.78 is 13.1. The quantitative estimate of drug-likeness (QED) is 0.422. The van der Waals surface area contributed by atoms with E-state index in [1.807, 2.05) is 6.92 Å². The van der Waals surface area contributed by atoms with E-state index >= 15 is 0 Å². The van der Waals surface area contributed by atoms with Crippen LogP contribution in [0.1, 0.15) is 18.4 Å². The van der Waals surface area contributed by atoms with Gasteiger partial charge in [-0.15, -0.1) is 6.58 Å². The summed E-state index contributed by atoms with van der Waals surface area (Å²) in [6, 6.07) is 3.88. The Balaban J connectivity index is 3.12. The number of nitro groups is 1. The van der Waals surface area contributed by atoms with E-state index in [1.165, 1.54) is 18.2 Å². The lowest BCUT2D eigenvalue weighted by atomic mass is 10.0. The van der Waals surface area contributed by atoms with Crippen molar-refractivity contribution in [1.29, 1.82) is 0 Å². The molecule has 0 aromatic heterocycles. The molecular formula is C10H10FNO2. The second kappa shape index (κ2) is 4.00. The molecule has 4 heteroatoms. The van der Waals surface area contributed by atoms with E-state index in [1.54, 1.807) is 6.08 Å². The Labute approximate surface area is 81.0 Å². The van der Waals surface area contributed by atoms with E-state index in [2.05, 4.69) is 6.58 Å². The van der Waals surface area contributed by atoms with Crippen LogP contribution in [0.15, 0.2) is 30.9 Å². The molecule has 0 bridgehead atoms. The first kappa shape index (κ1) is 10.4. The topological polar surface area (TPSA) is 43.1 Å². The maximum Gasteiger partial charge on any atom is 0.304 e. The van der Waals surface area contributed by atoms with Crippen molar-refractivity contribution in [3.05, 3.63) is 52.3 Å². The number of halogens is 1. The number of benzene rings is 1. The Morgan fingerprint density at radius 1 is 1.64 bits per heavy atom. The molecule has 74 valence electrons. The summed E-state index contributed by atoms with van der Waals surface area (Å²) in [5, 5.41) is 10.3. The predicted octanol–water partition coefficient (Wildman–Crippen LogP) is 3.02. The van der Waals surface area contributed by atoms with Gasteiger partial charge in [-0.05, 0) is 17.5 Å². The molecule has 1 atom stereocenters. The molecule has 1 aromatic carbocycles. The van der Waals surface area contributed by atoms with Crippen LogP contribution >= 0.6 is 0 Å². The van der Waals surface area contributed by atoms with E-state index in [9.17, 15) is 14.5 Å². The minimum absolute atomic E-state index is 0.00898. The van der Waals surface area contributed by atoms with Crippen LogP contribution in [0.3, 0.4) is 0 Å². The van der Waals surface area contributed by atoms with Crippen molar-refractivity contribution in [3.63, 3.8) is 0 Å². The molecule has 0 aliphatic rings. The summed E-state index contributed by atoms with van der Waals surface area (Å²) in [5.41, 5.74) is 0.188. The lowest BCUT2D eigenvalue weighted by Crippen LogP contribution is -1.95. The number of hydrogen-bond donors (Lipinski definition) is 0. The Kier molecular flexibility index (Phi) is 2.96. The Bertz CT molecular complexity index is 376. The summed E-state index contributed by atoms with van der Waals surface area (Å²) in [7, 11) is 0. The Morgan fingerprint density at radius 2 is 2.29 bits per heavy atom. The van der Waals surface area contributed by atoms with Gasteiger partial charge in [0.15, 0.2) is 0 Å². The van der Waals surface area contributed by atoms with Crippen LogP contribution in [0.5, 0.6) is 0 Å². The molecule has 0 N–H and O–H groups in total. The maximum absolute atomic E-state index is 13.1. The fourth-order valence-corrected chi connectivity index (χ4v) is 1.09. The highest BCUT2D eigenvalue weighted by Gasteiger charge is 2.14. The van der Waals surface area contributed by atoms with Gasteiger partial charge in [0.25, 0.3) is 0 Å². The zero-order valence-corrected chi connectivity index (χ0v) is 7.74. The van der Waals surface area contributed by atoms with Crippen molar-refractivity contribution in [2.75, 3.05) is 0 Å². The fourth-order valence-electron chi connectivity index (χ4n) is 1.09. The molecular weight excluding hydrogens is 185 g/mol. The predicted molar refractivity (Wildman–Crippen MR) is 51.7 cm³/mol. The summed E-state index contributed by atoms with van der Waals surface area (Å²) >= 11 is 0. The van der Waals surface area contributed by atoms with Gasteiger partial charge in [-0.25, -0.2) is 0 Å². The van der Waals surface area contributed by atoms with Gasteiger partial charge >= 0.3 is 5.69 Å². The molecule has 1 rings (SSSR count). The summed E-state index contributed by atoms with van der Waals surface area (Å²) in [6.07, 6.45) is 1.65. The smallest absolute Gasteiger partial charge is 0.258 e. The highest BCUT2D eigenvalue weighted by molar-refractivity contribution is 5.37. The third kappa shape index (κ3) is 1.96. The first-order valence-corrected chi connectivity index (χ1v) is 4.12. The van der Waals surface area contributed by atoms with Crippen molar-refractivity contribution in [2.24, 2.45) is 0 Å². The van der Waals surface area contributed by atoms with Crippen molar-refractivity contribution in [3.8, 4) is 0 Å². The lowest BCUT2D eigenvalue weighted by molar-refractivity contribution is -0.387. The summed E-state index contributed by atoms with van der Waals surface area (Å²) in [5.74, 6) is -0.813. The molecule has 1 aromatic rings. The summed E-state index contributed by atoms with van der Waals surface area (Å²) in [4.78, 5) is 9.58. The van der Waals surface area contributed by atoms with Crippen molar-refractivity contribution in [1.82, 2.24) is 0 Å². The van der Waals surface area contributed by atoms with E-state index in [-0.39, 0.29) is 5.92 Å². The van der Waals surface area contributed by atoms with E-state index < -0.39 is 16.4 Å². The molecule has 3 nitrogen and oxygen atoms in total. The van der Waals surface area contributed by atoms with Gasteiger partial charge < -0.3 is 0 Å². The number of nitrogens with zero attached hydrogens (tertiary/aromatic N) is 1. The molecule has 0 saturated heterocycles. The standard InChI is InChI=1S/C10H10FNO2/c1-3-7(2)8-4-5-10(12(13)14)9(11)6-8/h3-7H,1H2,2H3. The largest absolute Gasteiger partial charge is 0.304 e. The third-order valence-electron chi connectivity index (χ3n) is 2.05. The first-order chi connectivity index (χ1) is 6.56. The molecule has 0 radical (unpaired) electrons. The molecule has 0 heterocycles. The van der Waals surface area contributed by atoms with Crippen LogP contribution in [-0.4, -0.2) is 4.92 Å². The van der Waals surface area contributed by atoms with Crippen molar-refractivity contribution < 1.29 is 9.31 Å². The fraction of sp³-hybridized carbons (Fsp3) is 0.200. The van der Waals surface area contributed by atoms with E-state index in [0.717, 1.165) is 0 Å². The summed E-state index contributed by atoms with van der Waals surface area (Å²) in [6.45, 7) is 5.41. The lowest BCUT2D eigenvalue weighted by Gasteiger charge is -2.05. The maximum atomic E-state index is 13.1. The molecule has 0 amide bonds. The molecule has 1 unspecified atom stereocenters. The first-order valence-electron chi connectivity index (χ1n) is 4.12. The molecule has 0 aliphatic heterocycles. The molecule has 0 saturated carbocycles. The minimum Gasteiger partial charge on any atom is -0.258 e. The minimum atomic E-state index is -0.804. The van der Waals surface area contributed by atoms with Gasteiger partial charge in [0.2, 0.25) is 5.82 Å². The molecule has 0 aliphatic carbocycles. The van der Waals surface area contributed by atoms with Crippen LogP contribution in [0, 0.1) is 15.9 Å². The highest BCUT2D eigenvalue weighted by atomic mass is 19.1. The number of rotatable bonds is 3. The van der Waals surface area contributed by atoms with Gasteiger partial charge in [-0.3, -0.25) is 10.1 Å². The van der Waals surface area contributed by atoms with Crippen LogP contribution in [0.25, 0.3) is 0 Å². The number of hydrogen-bond acceptors (Lipinski definition) is 2. The van der Waals surface area contributed by atoms with Gasteiger partial charge in [0.1, 0.15) is 0 Å². The van der Waals surface area contributed by atoms with Gasteiger partial charge in [0.05, 0.1) is 4.92 Å². The normalized spacial score (nSPS) is 12.1. The van der Waals surface area contributed by atoms with Gasteiger partial charge in [-0.2, -0.15) is 4.39 Å². The van der Waals surface area contributed by atoms with Crippen LogP contribution < -0.4 is 0 Å². The Hall–Kier alpha value is -1.71. The average molecular weight is 195 g/mol. The number of allylic oxidation sites excluding steroid dienone is 1. The Morgan fingerprint density at radius 3 is 2.71 bits per heavy atom. The molecule has 14 heavy (non-hydrogen) atoms.